The molecule has 0 aromatic heterocycles. The molecular formula is C10H19N3O2. The van der Waals surface area contributed by atoms with Crippen LogP contribution in [0.3, 0.4) is 0 Å². The molecule has 0 radical (unpaired) electrons. The molecule has 0 aromatic carbocycles. The van der Waals surface area contributed by atoms with Gasteiger partial charge in [-0.1, -0.05) is 13.8 Å². The Kier molecular flexibility index (Phi) is 4.08. The van der Waals surface area contributed by atoms with Crippen LogP contribution in [-0.4, -0.2) is 30.4 Å². The fraction of sp³-hybridized carbons (Fsp3) is 0.800. The molecule has 1 heterocycles. The number of hydrogen-bond acceptors (Lipinski definition) is 3. The van der Waals surface area contributed by atoms with Crippen LogP contribution in [0.5, 0.6) is 0 Å². The van der Waals surface area contributed by atoms with Crippen molar-refractivity contribution in [2.75, 3.05) is 6.54 Å². The van der Waals surface area contributed by atoms with Crippen molar-refractivity contribution < 1.29 is 9.59 Å². The van der Waals surface area contributed by atoms with Crippen LogP contribution in [0.25, 0.3) is 0 Å². The van der Waals surface area contributed by atoms with Gasteiger partial charge in [0.05, 0.1) is 6.04 Å². The Morgan fingerprint density at radius 3 is 2.53 bits per heavy atom. The second kappa shape index (κ2) is 5.11. The molecule has 2 amide bonds. The molecule has 1 fully saturated rings. The average Bonchev–Trinajstić information content (AvgIpc) is 2.65. The topological polar surface area (TPSA) is 84.2 Å². The maximum atomic E-state index is 11.7. The van der Waals surface area contributed by atoms with E-state index < -0.39 is 11.9 Å². The highest BCUT2D eigenvalue weighted by Gasteiger charge is 2.27. The summed E-state index contributed by atoms with van der Waals surface area (Å²) in [5.41, 5.74) is 5.21. The minimum absolute atomic E-state index is 0.0212. The van der Waals surface area contributed by atoms with Crippen molar-refractivity contribution in [2.24, 2.45) is 11.7 Å². The molecule has 4 N–H and O–H groups in total. The summed E-state index contributed by atoms with van der Waals surface area (Å²) in [4.78, 5) is 22.8. The molecule has 5 nitrogen and oxygen atoms in total. The molecule has 1 saturated heterocycles. The molecule has 0 aromatic rings. The lowest BCUT2D eigenvalue weighted by Crippen LogP contribution is -2.52. The van der Waals surface area contributed by atoms with Crippen LogP contribution in [0.2, 0.25) is 0 Å². The Balaban J connectivity index is 2.50. The quantitative estimate of drug-likeness (QED) is 0.581. The molecule has 0 bridgehead atoms. The van der Waals surface area contributed by atoms with E-state index >= 15 is 0 Å². The van der Waals surface area contributed by atoms with Crippen LogP contribution in [0.15, 0.2) is 0 Å². The zero-order valence-corrected chi connectivity index (χ0v) is 9.25. The van der Waals surface area contributed by atoms with Crippen molar-refractivity contribution in [2.45, 2.75) is 38.8 Å². The van der Waals surface area contributed by atoms with Gasteiger partial charge in [0.1, 0.15) is 6.04 Å². The smallest absolute Gasteiger partial charge is 0.240 e. The van der Waals surface area contributed by atoms with Gasteiger partial charge in [-0.15, -0.1) is 0 Å². The van der Waals surface area contributed by atoms with Gasteiger partial charge in [0.2, 0.25) is 11.8 Å². The highest BCUT2D eigenvalue weighted by Crippen LogP contribution is 2.07. The second-order valence-corrected chi connectivity index (χ2v) is 4.28. The monoisotopic (exact) mass is 213 g/mol. The summed E-state index contributed by atoms with van der Waals surface area (Å²) in [6.45, 7) is 4.58. The minimum Gasteiger partial charge on any atom is -0.368 e. The van der Waals surface area contributed by atoms with E-state index in [1.807, 2.05) is 13.8 Å². The summed E-state index contributed by atoms with van der Waals surface area (Å²) in [5, 5.41) is 5.76. The zero-order chi connectivity index (χ0) is 11.4. The van der Waals surface area contributed by atoms with Crippen LogP contribution in [0.1, 0.15) is 26.7 Å². The molecule has 15 heavy (non-hydrogen) atoms. The molecule has 5 heteroatoms. The number of rotatable bonds is 4. The maximum Gasteiger partial charge on any atom is 0.240 e. The molecular weight excluding hydrogens is 194 g/mol. The Morgan fingerprint density at radius 1 is 1.47 bits per heavy atom. The van der Waals surface area contributed by atoms with E-state index in [-0.39, 0.29) is 17.9 Å². The van der Waals surface area contributed by atoms with Gasteiger partial charge in [0.15, 0.2) is 0 Å². The van der Waals surface area contributed by atoms with Crippen LogP contribution in [0.4, 0.5) is 0 Å². The third kappa shape index (κ3) is 3.20. The number of nitrogens with one attached hydrogen (secondary N) is 2. The van der Waals surface area contributed by atoms with Crippen molar-refractivity contribution in [3.63, 3.8) is 0 Å². The van der Waals surface area contributed by atoms with Gasteiger partial charge in [-0.2, -0.15) is 0 Å². The van der Waals surface area contributed by atoms with Gasteiger partial charge in [-0.05, 0) is 25.3 Å². The predicted molar refractivity (Wildman–Crippen MR) is 57.0 cm³/mol. The lowest BCUT2D eigenvalue weighted by molar-refractivity contribution is -0.129. The number of carbonyl (C=O) groups is 2. The van der Waals surface area contributed by atoms with E-state index in [0.717, 1.165) is 19.4 Å². The van der Waals surface area contributed by atoms with E-state index in [1.165, 1.54) is 0 Å². The van der Waals surface area contributed by atoms with Gasteiger partial charge < -0.3 is 16.4 Å². The molecule has 2 unspecified atom stereocenters. The zero-order valence-electron chi connectivity index (χ0n) is 9.25. The lowest BCUT2D eigenvalue weighted by Gasteiger charge is -2.21. The molecule has 0 spiro atoms. The molecule has 1 aliphatic rings. The van der Waals surface area contributed by atoms with E-state index in [9.17, 15) is 9.59 Å². The van der Waals surface area contributed by atoms with Crippen molar-refractivity contribution in [1.82, 2.24) is 10.6 Å². The highest BCUT2D eigenvalue weighted by atomic mass is 16.2. The Hall–Kier alpha value is -1.10. The number of carbonyl (C=O) groups excluding carboxylic acids is 2. The van der Waals surface area contributed by atoms with E-state index in [1.54, 1.807) is 0 Å². The average molecular weight is 213 g/mol. The second-order valence-electron chi connectivity index (χ2n) is 4.28. The van der Waals surface area contributed by atoms with E-state index in [0.29, 0.717) is 0 Å². The first-order valence-corrected chi connectivity index (χ1v) is 5.35. The highest BCUT2D eigenvalue weighted by molar-refractivity contribution is 5.89. The normalized spacial score (nSPS) is 22.7. The first-order chi connectivity index (χ1) is 7.02. The Labute approximate surface area is 89.8 Å². The van der Waals surface area contributed by atoms with Crippen LogP contribution in [-0.2, 0) is 9.59 Å². The van der Waals surface area contributed by atoms with Crippen molar-refractivity contribution in [3.05, 3.63) is 0 Å². The Morgan fingerprint density at radius 2 is 2.13 bits per heavy atom. The summed E-state index contributed by atoms with van der Waals surface area (Å²) in [6.07, 6.45) is 1.83. The first-order valence-electron chi connectivity index (χ1n) is 5.35. The molecule has 1 rings (SSSR count). The number of amides is 2. The largest absolute Gasteiger partial charge is 0.368 e. The molecule has 1 aliphatic heterocycles. The minimum atomic E-state index is -0.570. The maximum absolute atomic E-state index is 11.7. The third-order valence-corrected chi connectivity index (χ3v) is 2.65. The van der Waals surface area contributed by atoms with Crippen LogP contribution in [0, 0.1) is 5.92 Å². The summed E-state index contributed by atoms with van der Waals surface area (Å²) in [6, 6.07) is -0.731. The number of hydrogen-bond donors (Lipinski definition) is 3. The summed E-state index contributed by atoms with van der Waals surface area (Å²) < 4.78 is 0. The van der Waals surface area contributed by atoms with Crippen molar-refractivity contribution in [3.8, 4) is 0 Å². The van der Waals surface area contributed by atoms with Crippen LogP contribution >= 0.6 is 0 Å². The van der Waals surface area contributed by atoms with E-state index in [2.05, 4.69) is 10.6 Å². The summed E-state index contributed by atoms with van der Waals surface area (Å²) in [5.74, 6) is -0.575. The van der Waals surface area contributed by atoms with Crippen molar-refractivity contribution in [1.29, 1.82) is 0 Å². The fourth-order valence-corrected chi connectivity index (χ4v) is 1.73. The Bertz CT molecular complexity index is 247. The molecule has 86 valence electrons. The molecule has 2 atom stereocenters. The molecule has 0 aliphatic carbocycles. The standard InChI is InChI=1S/C10H19N3O2/c1-6(2)8(9(11)14)13-10(15)7-4-3-5-12-7/h6-8,12H,3-5H2,1-2H3,(H2,11,14)(H,13,15). The predicted octanol–water partition coefficient (Wildman–Crippen LogP) is -0.635. The van der Waals surface area contributed by atoms with Gasteiger partial charge in [-0.3, -0.25) is 9.59 Å². The number of primary amides is 1. The van der Waals surface area contributed by atoms with Gasteiger partial charge in [0.25, 0.3) is 0 Å². The van der Waals surface area contributed by atoms with Gasteiger partial charge >= 0.3 is 0 Å². The lowest BCUT2D eigenvalue weighted by atomic mass is 10.0. The van der Waals surface area contributed by atoms with E-state index in [4.69, 9.17) is 5.73 Å². The fourth-order valence-electron chi connectivity index (χ4n) is 1.73. The van der Waals surface area contributed by atoms with Crippen LogP contribution < -0.4 is 16.4 Å². The third-order valence-electron chi connectivity index (χ3n) is 2.65. The first kappa shape index (κ1) is 12.0. The molecule has 0 saturated carbocycles. The van der Waals surface area contributed by atoms with Gasteiger partial charge in [0, 0.05) is 0 Å². The SMILES string of the molecule is CC(C)C(NC(=O)C1CCCN1)C(N)=O. The summed E-state index contributed by atoms with van der Waals surface area (Å²) >= 11 is 0. The number of nitrogens with two attached hydrogens (primary N) is 1. The summed E-state index contributed by atoms with van der Waals surface area (Å²) in [7, 11) is 0. The van der Waals surface area contributed by atoms with Gasteiger partial charge in [-0.25, -0.2) is 0 Å². The van der Waals surface area contributed by atoms with Crippen molar-refractivity contribution >= 4 is 11.8 Å².